The molecule has 3 rings (SSSR count). The van der Waals surface area contributed by atoms with Crippen molar-refractivity contribution in [1.29, 1.82) is 5.26 Å². The van der Waals surface area contributed by atoms with Gasteiger partial charge in [0.2, 0.25) is 0 Å². The summed E-state index contributed by atoms with van der Waals surface area (Å²) in [4.78, 5) is 11.2. The van der Waals surface area contributed by atoms with Crippen molar-refractivity contribution < 1.29 is 9.90 Å². The number of hydrazone groups is 1. The molecule has 1 aromatic carbocycles. The van der Waals surface area contributed by atoms with Crippen LogP contribution in [0.5, 0.6) is 0 Å². The van der Waals surface area contributed by atoms with Crippen molar-refractivity contribution in [2.45, 2.75) is 19.0 Å². The summed E-state index contributed by atoms with van der Waals surface area (Å²) < 4.78 is 0. The Morgan fingerprint density at radius 1 is 1.43 bits per heavy atom. The minimum Gasteiger partial charge on any atom is -0.478 e. The van der Waals surface area contributed by atoms with E-state index in [0.717, 1.165) is 17.6 Å². The third kappa shape index (κ3) is 2.43. The Labute approximate surface area is 122 Å². The van der Waals surface area contributed by atoms with Crippen LogP contribution in [0.15, 0.2) is 52.7 Å². The maximum absolute atomic E-state index is 11.2. The standard InChI is InChI=1S/C16H13N3O2/c17-8-11-4-6-12(7-5-11)10-19-15-3-1-2-13(16(20)21)14(15)9-18-19/h1-2,4-7,9,15H,3,10H2,(H,20,21). The van der Waals surface area contributed by atoms with E-state index in [0.29, 0.717) is 17.7 Å². The topological polar surface area (TPSA) is 76.7 Å². The maximum Gasteiger partial charge on any atom is 0.336 e. The zero-order chi connectivity index (χ0) is 14.8. The van der Waals surface area contributed by atoms with Gasteiger partial charge in [-0.2, -0.15) is 10.4 Å². The van der Waals surface area contributed by atoms with E-state index in [1.165, 1.54) is 0 Å². The van der Waals surface area contributed by atoms with Gasteiger partial charge in [0, 0.05) is 5.57 Å². The summed E-state index contributed by atoms with van der Waals surface area (Å²) in [6, 6.07) is 9.41. The molecule has 1 unspecified atom stereocenters. The summed E-state index contributed by atoms with van der Waals surface area (Å²) in [5.41, 5.74) is 2.74. The number of nitriles is 1. The lowest BCUT2D eigenvalue weighted by atomic mass is 9.94. The SMILES string of the molecule is N#Cc1ccc(CN2N=CC3=C(C(=O)O)C=CCC32)cc1. The summed E-state index contributed by atoms with van der Waals surface area (Å²) in [7, 11) is 0. The molecule has 0 bridgehead atoms. The summed E-state index contributed by atoms with van der Waals surface area (Å²) in [5, 5.41) is 24.2. The third-order valence-corrected chi connectivity index (χ3v) is 3.68. The summed E-state index contributed by atoms with van der Waals surface area (Å²) >= 11 is 0. The molecule has 0 saturated heterocycles. The normalized spacial score (nSPS) is 19.6. The van der Waals surface area contributed by atoms with Crippen molar-refractivity contribution >= 4 is 12.2 Å². The predicted octanol–water partition coefficient (Wildman–Crippen LogP) is 2.07. The van der Waals surface area contributed by atoms with E-state index < -0.39 is 5.97 Å². The van der Waals surface area contributed by atoms with Gasteiger partial charge in [0.05, 0.1) is 36.0 Å². The first kappa shape index (κ1) is 13.1. The quantitative estimate of drug-likeness (QED) is 0.918. The van der Waals surface area contributed by atoms with E-state index in [1.54, 1.807) is 24.4 Å². The molecule has 0 saturated carbocycles. The van der Waals surface area contributed by atoms with Gasteiger partial charge in [-0.3, -0.25) is 5.01 Å². The van der Waals surface area contributed by atoms with E-state index in [9.17, 15) is 9.90 Å². The number of aliphatic carboxylic acids is 1. The Morgan fingerprint density at radius 2 is 2.19 bits per heavy atom. The van der Waals surface area contributed by atoms with E-state index in [4.69, 9.17) is 5.26 Å². The molecule has 2 aliphatic rings. The minimum absolute atomic E-state index is 0.0169. The van der Waals surface area contributed by atoms with Gasteiger partial charge in [-0.1, -0.05) is 24.3 Å². The van der Waals surface area contributed by atoms with Crippen LogP contribution in [0.4, 0.5) is 0 Å². The highest BCUT2D eigenvalue weighted by molar-refractivity contribution is 6.00. The van der Waals surface area contributed by atoms with Gasteiger partial charge in [-0.05, 0) is 24.1 Å². The Kier molecular flexibility index (Phi) is 3.28. The van der Waals surface area contributed by atoms with Gasteiger partial charge in [0.25, 0.3) is 0 Å². The van der Waals surface area contributed by atoms with Gasteiger partial charge in [-0.25, -0.2) is 4.79 Å². The fraction of sp³-hybridized carbons (Fsp3) is 0.188. The molecule has 0 radical (unpaired) electrons. The van der Waals surface area contributed by atoms with E-state index in [-0.39, 0.29) is 6.04 Å². The number of hydrogen-bond acceptors (Lipinski definition) is 4. The molecule has 1 N–H and O–H groups in total. The second-order valence-corrected chi connectivity index (χ2v) is 4.98. The van der Waals surface area contributed by atoms with Crippen LogP contribution >= 0.6 is 0 Å². The second-order valence-electron chi connectivity index (χ2n) is 4.98. The Hall–Kier alpha value is -2.87. The van der Waals surface area contributed by atoms with Crippen LogP contribution in [0.3, 0.4) is 0 Å². The number of fused-ring (bicyclic) bond motifs is 1. The molecule has 0 amide bonds. The van der Waals surface area contributed by atoms with Crippen molar-refractivity contribution in [2.75, 3.05) is 0 Å². The number of nitrogens with zero attached hydrogens (tertiary/aromatic N) is 3. The highest BCUT2D eigenvalue weighted by Crippen LogP contribution is 2.29. The largest absolute Gasteiger partial charge is 0.478 e. The molecule has 1 heterocycles. The number of hydrogen-bond donors (Lipinski definition) is 1. The molecule has 0 aromatic heterocycles. The summed E-state index contributed by atoms with van der Waals surface area (Å²) in [5.74, 6) is -0.919. The number of carboxylic acid groups (broad SMARTS) is 1. The number of benzene rings is 1. The molecular formula is C16H13N3O2. The van der Waals surface area contributed by atoms with Crippen molar-refractivity contribution in [1.82, 2.24) is 5.01 Å². The minimum atomic E-state index is -0.919. The lowest BCUT2D eigenvalue weighted by molar-refractivity contribution is -0.132. The molecule has 5 nitrogen and oxygen atoms in total. The zero-order valence-corrected chi connectivity index (χ0v) is 11.2. The smallest absolute Gasteiger partial charge is 0.336 e. The molecule has 1 atom stereocenters. The second kappa shape index (κ2) is 5.25. The predicted molar refractivity (Wildman–Crippen MR) is 77.4 cm³/mol. The van der Waals surface area contributed by atoms with E-state index in [1.807, 2.05) is 23.2 Å². The highest BCUT2D eigenvalue weighted by Gasteiger charge is 2.30. The van der Waals surface area contributed by atoms with Crippen molar-refractivity contribution in [3.63, 3.8) is 0 Å². The monoisotopic (exact) mass is 279 g/mol. The van der Waals surface area contributed by atoms with Crippen LogP contribution in [-0.2, 0) is 11.3 Å². The molecule has 1 aliphatic carbocycles. The fourth-order valence-electron chi connectivity index (χ4n) is 2.59. The van der Waals surface area contributed by atoms with Crippen molar-refractivity contribution in [3.05, 3.63) is 58.7 Å². The molecule has 21 heavy (non-hydrogen) atoms. The average Bonchev–Trinajstić information content (AvgIpc) is 2.91. The molecule has 1 aliphatic heterocycles. The third-order valence-electron chi connectivity index (χ3n) is 3.68. The maximum atomic E-state index is 11.2. The zero-order valence-electron chi connectivity index (χ0n) is 11.2. The Morgan fingerprint density at radius 3 is 2.86 bits per heavy atom. The first-order chi connectivity index (χ1) is 10.2. The molecule has 0 spiro atoms. The number of rotatable bonds is 3. The number of carbonyl (C=O) groups is 1. The summed E-state index contributed by atoms with van der Waals surface area (Å²) in [6.45, 7) is 0.594. The van der Waals surface area contributed by atoms with Crippen molar-refractivity contribution in [2.24, 2.45) is 5.10 Å². The first-order valence-electron chi connectivity index (χ1n) is 6.62. The van der Waals surface area contributed by atoms with Crippen LogP contribution in [-0.4, -0.2) is 28.3 Å². The average molecular weight is 279 g/mol. The van der Waals surface area contributed by atoms with Crippen LogP contribution < -0.4 is 0 Å². The fourth-order valence-corrected chi connectivity index (χ4v) is 2.59. The van der Waals surface area contributed by atoms with Gasteiger partial charge in [0.1, 0.15) is 0 Å². The Bertz CT molecular complexity index is 708. The van der Waals surface area contributed by atoms with E-state index in [2.05, 4.69) is 11.2 Å². The van der Waals surface area contributed by atoms with Gasteiger partial charge in [0.15, 0.2) is 0 Å². The number of carboxylic acids is 1. The Balaban J connectivity index is 1.80. The summed E-state index contributed by atoms with van der Waals surface area (Å²) in [6.07, 6.45) is 5.91. The lowest BCUT2D eigenvalue weighted by Crippen LogP contribution is -2.29. The molecule has 0 fully saturated rings. The molecule has 5 heteroatoms. The van der Waals surface area contributed by atoms with Gasteiger partial charge in [-0.15, -0.1) is 0 Å². The van der Waals surface area contributed by atoms with Gasteiger partial charge >= 0.3 is 5.97 Å². The lowest BCUT2D eigenvalue weighted by Gasteiger charge is -2.26. The van der Waals surface area contributed by atoms with Gasteiger partial charge < -0.3 is 5.11 Å². The van der Waals surface area contributed by atoms with Crippen LogP contribution in [0.25, 0.3) is 0 Å². The molecule has 104 valence electrons. The first-order valence-corrected chi connectivity index (χ1v) is 6.62. The van der Waals surface area contributed by atoms with Crippen molar-refractivity contribution in [3.8, 4) is 6.07 Å². The van der Waals surface area contributed by atoms with Crippen LogP contribution in [0, 0.1) is 11.3 Å². The van der Waals surface area contributed by atoms with E-state index >= 15 is 0 Å². The molecular weight excluding hydrogens is 266 g/mol. The molecule has 1 aromatic rings. The van der Waals surface area contributed by atoms with Crippen LogP contribution in [0.1, 0.15) is 17.5 Å². The highest BCUT2D eigenvalue weighted by atomic mass is 16.4. The van der Waals surface area contributed by atoms with Crippen LogP contribution in [0.2, 0.25) is 0 Å².